The molecule has 0 radical (unpaired) electrons. The van der Waals surface area contributed by atoms with Crippen molar-refractivity contribution in [1.29, 1.82) is 0 Å². The number of likely N-dealkylation sites (tertiary alicyclic amines) is 1. The van der Waals surface area contributed by atoms with Gasteiger partial charge in [0.25, 0.3) is 5.91 Å². The third-order valence-corrected chi connectivity index (χ3v) is 3.40. The molecule has 1 heterocycles. The van der Waals surface area contributed by atoms with Crippen LogP contribution in [0, 0.1) is 5.82 Å². The Balaban J connectivity index is 2.16. The van der Waals surface area contributed by atoms with Gasteiger partial charge in [-0.25, -0.2) is 4.39 Å². The summed E-state index contributed by atoms with van der Waals surface area (Å²) in [6.07, 6.45) is 0.773. The lowest BCUT2D eigenvalue weighted by atomic mass is 10.1. The van der Waals surface area contributed by atoms with E-state index in [0.717, 1.165) is 0 Å². The van der Waals surface area contributed by atoms with Crippen LogP contribution < -0.4 is 0 Å². The fraction of sp³-hybridized carbons (Fsp3) is 0.417. The zero-order chi connectivity index (χ0) is 12.4. The minimum atomic E-state index is -0.510. The van der Waals surface area contributed by atoms with Gasteiger partial charge in [-0.15, -0.1) is 0 Å². The third kappa shape index (κ3) is 2.84. The van der Waals surface area contributed by atoms with E-state index in [1.165, 1.54) is 12.1 Å². The SMILES string of the molecule is O=C(c1cc(Br)ccc1F)N1CCC(O)CC1. The first kappa shape index (κ1) is 12.5. The summed E-state index contributed by atoms with van der Waals surface area (Å²) in [5.41, 5.74) is 0.0794. The van der Waals surface area contributed by atoms with Crippen molar-refractivity contribution in [3.05, 3.63) is 34.1 Å². The first-order valence-electron chi connectivity index (χ1n) is 5.50. The number of rotatable bonds is 1. The van der Waals surface area contributed by atoms with Crippen LogP contribution in [0.3, 0.4) is 0 Å². The molecule has 3 nitrogen and oxygen atoms in total. The molecule has 0 spiro atoms. The van der Waals surface area contributed by atoms with E-state index < -0.39 is 5.82 Å². The van der Waals surface area contributed by atoms with Gasteiger partial charge in [0.2, 0.25) is 0 Å². The standard InChI is InChI=1S/C12H13BrFNO2/c13-8-1-2-11(14)10(7-8)12(17)15-5-3-9(16)4-6-15/h1-2,7,9,16H,3-6H2. The largest absolute Gasteiger partial charge is 0.393 e. The highest BCUT2D eigenvalue weighted by Gasteiger charge is 2.24. The van der Waals surface area contributed by atoms with Gasteiger partial charge < -0.3 is 10.0 Å². The Bertz CT molecular complexity index is 431. The molecule has 0 aliphatic carbocycles. The number of carbonyl (C=O) groups excluding carboxylic acids is 1. The van der Waals surface area contributed by atoms with Crippen LogP contribution in [-0.4, -0.2) is 35.1 Å². The van der Waals surface area contributed by atoms with Crippen molar-refractivity contribution in [3.63, 3.8) is 0 Å². The number of aliphatic hydroxyl groups is 1. The Hall–Kier alpha value is -0.940. The Morgan fingerprint density at radius 3 is 2.71 bits per heavy atom. The summed E-state index contributed by atoms with van der Waals surface area (Å²) in [5, 5.41) is 9.36. The van der Waals surface area contributed by atoms with E-state index in [4.69, 9.17) is 0 Å². The van der Waals surface area contributed by atoms with E-state index in [0.29, 0.717) is 30.4 Å². The van der Waals surface area contributed by atoms with Crippen molar-refractivity contribution in [1.82, 2.24) is 4.90 Å². The number of aliphatic hydroxyl groups excluding tert-OH is 1. The predicted molar refractivity (Wildman–Crippen MR) is 65.2 cm³/mol. The van der Waals surface area contributed by atoms with Crippen molar-refractivity contribution >= 4 is 21.8 Å². The topological polar surface area (TPSA) is 40.5 Å². The van der Waals surface area contributed by atoms with E-state index in [1.54, 1.807) is 11.0 Å². The Labute approximate surface area is 107 Å². The number of carbonyl (C=O) groups is 1. The van der Waals surface area contributed by atoms with Gasteiger partial charge in [0.1, 0.15) is 5.82 Å². The number of nitrogens with zero attached hydrogens (tertiary/aromatic N) is 1. The maximum absolute atomic E-state index is 13.5. The molecule has 0 saturated carbocycles. The third-order valence-electron chi connectivity index (χ3n) is 2.91. The van der Waals surface area contributed by atoms with Crippen LogP contribution >= 0.6 is 15.9 Å². The van der Waals surface area contributed by atoms with Gasteiger partial charge in [-0.05, 0) is 31.0 Å². The van der Waals surface area contributed by atoms with Gasteiger partial charge in [-0.1, -0.05) is 15.9 Å². The fourth-order valence-electron chi connectivity index (χ4n) is 1.90. The van der Waals surface area contributed by atoms with Gasteiger partial charge in [0, 0.05) is 17.6 Å². The summed E-state index contributed by atoms with van der Waals surface area (Å²) < 4.78 is 14.2. The van der Waals surface area contributed by atoms with Gasteiger partial charge in [-0.3, -0.25) is 4.79 Å². The predicted octanol–water partition coefficient (Wildman–Crippen LogP) is 2.19. The van der Waals surface area contributed by atoms with Crippen LogP contribution in [0.2, 0.25) is 0 Å². The lowest BCUT2D eigenvalue weighted by Gasteiger charge is -2.29. The summed E-state index contributed by atoms with van der Waals surface area (Å²) in [5.74, 6) is -0.819. The Morgan fingerprint density at radius 1 is 1.41 bits per heavy atom. The van der Waals surface area contributed by atoms with Crippen LogP contribution in [0.5, 0.6) is 0 Å². The summed E-state index contributed by atoms with van der Waals surface area (Å²) in [6, 6.07) is 4.32. The smallest absolute Gasteiger partial charge is 0.256 e. The molecule has 0 bridgehead atoms. The summed E-state index contributed by atoms with van der Waals surface area (Å²) >= 11 is 3.22. The number of halogens is 2. The molecule has 1 aromatic carbocycles. The molecule has 92 valence electrons. The minimum absolute atomic E-state index is 0.0794. The normalized spacial score (nSPS) is 17.2. The maximum atomic E-state index is 13.5. The molecule has 1 saturated heterocycles. The van der Waals surface area contributed by atoms with Crippen LogP contribution in [0.25, 0.3) is 0 Å². The lowest BCUT2D eigenvalue weighted by molar-refractivity contribution is 0.0542. The average Bonchev–Trinajstić information content (AvgIpc) is 2.32. The second-order valence-electron chi connectivity index (χ2n) is 4.15. The molecule has 1 amide bonds. The van der Waals surface area contributed by atoms with Crippen molar-refractivity contribution < 1.29 is 14.3 Å². The molecule has 1 aliphatic rings. The average molecular weight is 302 g/mol. The Kier molecular flexibility index (Phi) is 3.79. The van der Waals surface area contributed by atoms with Crippen molar-refractivity contribution in [2.24, 2.45) is 0 Å². The number of benzene rings is 1. The van der Waals surface area contributed by atoms with Gasteiger partial charge in [0.05, 0.1) is 11.7 Å². The van der Waals surface area contributed by atoms with Crippen LogP contribution in [0.4, 0.5) is 4.39 Å². The second-order valence-corrected chi connectivity index (χ2v) is 5.06. The summed E-state index contributed by atoms with van der Waals surface area (Å²) in [7, 11) is 0. The van der Waals surface area contributed by atoms with E-state index in [2.05, 4.69) is 15.9 Å². The van der Waals surface area contributed by atoms with Gasteiger partial charge in [-0.2, -0.15) is 0 Å². The van der Waals surface area contributed by atoms with Crippen molar-refractivity contribution in [2.45, 2.75) is 18.9 Å². The molecular formula is C12H13BrFNO2. The van der Waals surface area contributed by atoms with Crippen LogP contribution in [0.1, 0.15) is 23.2 Å². The minimum Gasteiger partial charge on any atom is -0.393 e. The molecule has 1 aromatic rings. The van der Waals surface area contributed by atoms with E-state index >= 15 is 0 Å². The summed E-state index contributed by atoms with van der Waals surface area (Å²) in [4.78, 5) is 13.6. The highest BCUT2D eigenvalue weighted by molar-refractivity contribution is 9.10. The molecule has 1 aliphatic heterocycles. The van der Waals surface area contributed by atoms with Crippen molar-refractivity contribution in [3.8, 4) is 0 Å². The molecule has 0 atom stereocenters. The fourth-order valence-corrected chi connectivity index (χ4v) is 2.26. The van der Waals surface area contributed by atoms with Crippen LogP contribution in [0.15, 0.2) is 22.7 Å². The van der Waals surface area contributed by atoms with E-state index in [1.807, 2.05) is 0 Å². The molecule has 2 rings (SSSR count). The molecule has 1 N–H and O–H groups in total. The molecule has 1 fully saturated rings. The van der Waals surface area contributed by atoms with Crippen molar-refractivity contribution in [2.75, 3.05) is 13.1 Å². The quantitative estimate of drug-likeness (QED) is 0.864. The molecular weight excluding hydrogens is 289 g/mol. The lowest BCUT2D eigenvalue weighted by Crippen LogP contribution is -2.40. The maximum Gasteiger partial charge on any atom is 0.256 e. The van der Waals surface area contributed by atoms with Crippen LogP contribution in [-0.2, 0) is 0 Å². The number of hydrogen-bond donors (Lipinski definition) is 1. The van der Waals surface area contributed by atoms with E-state index in [9.17, 15) is 14.3 Å². The summed E-state index contributed by atoms with van der Waals surface area (Å²) in [6.45, 7) is 0.956. The molecule has 17 heavy (non-hydrogen) atoms. The number of hydrogen-bond acceptors (Lipinski definition) is 2. The highest BCUT2D eigenvalue weighted by Crippen LogP contribution is 2.19. The zero-order valence-corrected chi connectivity index (χ0v) is 10.8. The molecule has 5 heteroatoms. The first-order valence-corrected chi connectivity index (χ1v) is 6.29. The Morgan fingerprint density at radius 2 is 2.06 bits per heavy atom. The highest BCUT2D eigenvalue weighted by atomic mass is 79.9. The molecule has 0 unspecified atom stereocenters. The van der Waals surface area contributed by atoms with Gasteiger partial charge >= 0.3 is 0 Å². The van der Waals surface area contributed by atoms with E-state index in [-0.39, 0.29) is 17.6 Å². The second kappa shape index (κ2) is 5.14. The zero-order valence-electron chi connectivity index (χ0n) is 9.20. The van der Waals surface area contributed by atoms with Gasteiger partial charge in [0.15, 0.2) is 0 Å². The number of piperidine rings is 1. The first-order chi connectivity index (χ1) is 8.08. The monoisotopic (exact) mass is 301 g/mol. The number of amides is 1. The molecule has 0 aromatic heterocycles.